The van der Waals surface area contributed by atoms with E-state index in [0.29, 0.717) is 0 Å². The Balaban J connectivity index is 1.73. The van der Waals surface area contributed by atoms with Crippen molar-refractivity contribution in [3.63, 3.8) is 0 Å². The summed E-state index contributed by atoms with van der Waals surface area (Å²) in [6, 6.07) is 20.0. The first-order chi connectivity index (χ1) is 15.3. The standard InChI is InChI=1S/C30H28NO/c1-17-11-12-22-23-14-13-21-20-9-7-8-10-24(20)30(4,5)27(21)29(23)32-28(22)26(17)25-15-18(2)19(3)16-31(25)6/h7-16H,1-6H3/q+1. The monoisotopic (exact) mass is 418 g/mol. The summed E-state index contributed by atoms with van der Waals surface area (Å²) in [4.78, 5) is 0. The molecule has 3 aromatic carbocycles. The Bertz CT molecular complexity index is 1580. The molecule has 0 atom stereocenters. The fourth-order valence-electron chi connectivity index (χ4n) is 5.69. The van der Waals surface area contributed by atoms with Crippen molar-refractivity contribution in [3.8, 4) is 22.4 Å². The van der Waals surface area contributed by atoms with Crippen molar-refractivity contribution in [3.05, 3.63) is 88.6 Å². The van der Waals surface area contributed by atoms with Crippen LogP contribution < -0.4 is 4.57 Å². The maximum absolute atomic E-state index is 6.84. The molecule has 2 heterocycles. The van der Waals surface area contributed by atoms with Gasteiger partial charge in [-0.25, -0.2) is 4.57 Å². The molecule has 0 spiro atoms. The number of nitrogens with zero attached hydrogens (tertiary/aromatic N) is 1. The zero-order valence-electron chi connectivity index (χ0n) is 19.6. The van der Waals surface area contributed by atoms with Crippen LogP contribution in [0.25, 0.3) is 44.3 Å². The normalized spacial score (nSPS) is 14.2. The van der Waals surface area contributed by atoms with Gasteiger partial charge in [-0.05, 0) is 54.7 Å². The number of furan rings is 1. The van der Waals surface area contributed by atoms with Gasteiger partial charge in [-0.1, -0.05) is 56.3 Å². The van der Waals surface area contributed by atoms with E-state index < -0.39 is 0 Å². The maximum Gasteiger partial charge on any atom is 0.216 e. The lowest BCUT2D eigenvalue weighted by atomic mass is 9.82. The minimum atomic E-state index is -0.0976. The number of benzene rings is 3. The highest BCUT2D eigenvalue weighted by atomic mass is 16.3. The van der Waals surface area contributed by atoms with Crippen molar-refractivity contribution < 1.29 is 8.98 Å². The maximum atomic E-state index is 6.84. The molecule has 0 bridgehead atoms. The SMILES string of the molecule is Cc1cc(-c2c(C)ccc3c2oc2c4c(ccc23)-c2ccccc2C4(C)C)[n+](C)cc1C. The number of aryl methyl sites for hydroxylation is 4. The van der Waals surface area contributed by atoms with E-state index in [-0.39, 0.29) is 5.41 Å². The van der Waals surface area contributed by atoms with Crippen LogP contribution in [0, 0.1) is 20.8 Å². The van der Waals surface area contributed by atoms with E-state index >= 15 is 0 Å². The number of aromatic nitrogens is 1. The minimum Gasteiger partial charge on any atom is -0.455 e. The van der Waals surface area contributed by atoms with E-state index in [1.807, 2.05) is 0 Å². The van der Waals surface area contributed by atoms with Crippen LogP contribution in [0.1, 0.15) is 41.7 Å². The van der Waals surface area contributed by atoms with Crippen molar-refractivity contribution in [2.75, 3.05) is 0 Å². The van der Waals surface area contributed by atoms with Gasteiger partial charge in [-0.2, -0.15) is 0 Å². The Hall–Kier alpha value is -3.39. The molecular weight excluding hydrogens is 390 g/mol. The lowest BCUT2D eigenvalue weighted by molar-refractivity contribution is -0.660. The van der Waals surface area contributed by atoms with E-state index in [2.05, 4.69) is 107 Å². The molecule has 6 rings (SSSR count). The van der Waals surface area contributed by atoms with Gasteiger partial charge in [0.25, 0.3) is 0 Å². The molecule has 2 aromatic heterocycles. The second-order valence-corrected chi connectivity index (χ2v) is 9.91. The first-order valence-electron chi connectivity index (χ1n) is 11.4. The summed E-state index contributed by atoms with van der Waals surface area (Å²) in [6.45, 7) is 11.2. The van der Waals surface area contributed by atoms with Gasteiger partial charge in [0, 0.05) is 33.4 Å². The molecule has 2 nitrogen and oxygen atoms in total. The van der Waals surface area contributed by atoms with E-state index in [1.165, 1.54) is 61.0 Å². The van der Waals surface area contributed by atoms with Crippen LogP contribution in [-0.2, 0) is 12.5 Å². The summed E-state index contributed by atoms with van der Waals surface area (Å²) in [5, 5.41) is 2.39. The van der Waals surface area contributed by atoms with E-state index in [0.717, 1.165) is 11.2 Å². The fourth-order valence-corrected chi connectivity index (χ4v) is 5.69. The number of hydrogen-bond donors (Lipinski definition) is 0. The molecule has 158 valence electrons. The molecule has 1 aliphatic rings. The molecule has 32 heavy (non-hydrogen) atoms. The second kappa shape index (κ2) is 6.32. The van der Waals surface area contributed by atoms with E-state index in [4.69, 9.17) is 4.42 Å². The predicted octanol–water partition coefficient (Wildman–Crippen LogP) is 7.31. The van der Waals surface area contributed by atoms with Crippen molar-refractivity contribution in [2.45, 2.75) is 40.0 Å². The average Bonchev–Trinajstić information content (AvgIpc) is 3.24. The quantitative estimate of drug-likeness (QED) is 0.261. The molecule has 0 unspecified atom stereocenters. The van der Waals surface area contributed by atoms with Crippen molar-refractivity contribution in [2.24, 2.45) is 7.05 Å². The van der Waals surface area contributed by atoms with E-state index in [9.17, 15) is 0 Å². The van der Waals surface area contributed by atoms with Crippen molar-refractivity contribution in [1.29, 1.82) is 0 Å². The summed E-state index contributed by atoms with van der Waals surface area (Å²) in [6.07, 6.45) is 2.21. The molecule has 5 aromatic rings. The minimum absolute atomic E-state index is 0.0976. The van der Waals surface area contributed by atoms with Crippen LogP contribution in [-0.4, -0.2) is 0 Å². The predicted molar refractivity (Wildman–Crippen MR) is 132 cm³/mol. The largest absolute Gasteiger partial charge is 0.455 e. The Labute approximate surface area is 189 Å². The molecular formula is C30H28NO+. The van der Waals surface area contributed by atoms with E-state index in [1.54, 1.807) is 0 Å². The molecule has 2 heteroatoms. The van der Waals surface area contributed by atoms with Crippen LogP contribution in [0.4, 0.5) is 0 Å². The Morgan fingerprint density at radius 3 is 2.28 bits per heavy atom. The number of rotatable bonds is 1. The van der Waals surface area contributed by atoms with Gasteiger partial charge in [0.2, 0.25) is 5.69 Å². The highest BCUT2D eigenvalue weighted by Gasteiger charge is 2.38. The number of hydrogen-bond acceptors (Lipinski definition) is 1. The van der Waals surface area contributed by atoms with Gasteiger partial charge >= 0.3 is 0 Å². The van der Waals surface area contributed by atoms with Crippen LogP contribution in [0.5, 0.6) is 0 Å². The molecule has 1 aliphatic carbocycles. The summed E-state index contributed by atoms with van der Waals surface area (Å²) in [7, 11) is 2.13. The molecule has 0 saturated heterocycles. The third-order valence-electron chi connectivity index (χ3n) is 7.53. The van der Waals surface area contributed by atoms with Gasteiger partial charge in [0.1, 0.15) is 18.2 Å². The van der Waals surface area contributed by atoms with Crippen LogP contribution in [0.15, 0.2) is 65.2 Å². The van der Waals surface area contributed by atoms with Crippen LogP contribution >= 0.6 is 0 Å². The summed E-state index contributed by atoms with van der Waals surface area (Å²) < 4.78 is 9.06. The molecule has 0 radical (unpaired) electrons. The summed E-state index contributed by atoms with van der Waals surface area (Å²) in [5.74, 6) is 0. The Kier molecular flexibility index (Phi) is 3.81. The third-order valence-corrected chi connectivity index (χ3v) is 7.53. The van der Waals surface area contributed by atoms with Gasteiger partial charge in [-0.15, -0.1) is 0 Å². The van der Waals surface area contributed by atoms with Gasteiger partial charge in [-0.3, -0.25) is 0 Å². The first-order valence-corrected chi connectivity index (χ1v) is 11.4. The smallest absolute Gasteiger partial charge is 0.216 e. The Morgan fingerprint density at radius 1 is 0.750 bits per heavy atom. The van der Waals surface area contributed by atoms with Gasteiger partial charge < -0.3 is 4.42 Å². The van der Waals surface area contributed by atoms with Gasteiger partial charge in [0.15, 0.2) is 6.20 Å². The molecule has 0 N–H and O–H groups in total. The average molecular weight is 419 g/mol. The van der Waals surface area contributed by atoms with Crippen molar-refractivity contribution >= 4 is 21.9 Å². The zero-order chi connectivity index (χ0) is 22.4. The number of fused-ring (bicyclic) bond motifs is 7. The molecule has 0 amide bonds. The van der Waals surface area contributed by atoms with Gasteiger partial charge in [0.05, 0.1) is 5.56 Å². The second-order valence-electron chi connectivity index (χ2n) is 9.91. The highest BCUT2D eigenvalue weighted by molar-refractivity contribution is 6.12. The lowest BCUT2D eigenvalue weighted by Crippen LogP contribution is -2.31. The third kappa shape index (κ3) is 2.38. The molecule has 0 fully saturated rings. The molecule has 0 aliphatic heterocycles. The topological polar surface area (TPSA) is 17.0 Å². The zero-order valence-corrected chi connectivity index (χ0v) is 19.6. The first kappa shape index (κ1) is 19.3. The van der Waals surface area contributed by atoms with Crippen LogP contribution in [0.3, 0.4) is 0 Å². The van der Waals surface area contributed by atoms with Crippen LogP contribution in [0.2, 0.25) is 0 Å². The van der Waals surface area contributed by atoms with Crippen molar-refractivity contribution in [1.82, 2.24) is 0 Å². The summed E-state index contributed by atoms with van der Waals surface area (Å²) >= 11 is 0. The lowest BCUT2D eigenvalue weighted by Gasteiger charge is -2.21. The highest BCUT2D eigenvalue weighted by Crippen LogP contribution is 2.52. The Morgan fingerprint density at radius 2 is 1.47 bits per heavy atom. The summed E-state index contributed by atoms with van der Waals surface area (Å²) in [5.41, 5.74) is 13.4. The fraction of sp³-hybridized carbons (Fsp3) is 0.233. The number of pyridine rings is 1. The molecule has 0 saturated carbocycles.